The van der Waals surface area contributed by atoms with Crippen molar-refractivity contribution in [3.05, 3.63) is 29.8 Å². The van der Waals surface area contributed by atoms with Gasteiger partial charge in [-0.2, -0.15) is 0 Å². The molecule has 0 aliphatic carbocycles. The first-order valence-electron chi connectivity index (χ1n) is 7.81. The first kappa shape index (κ1) is 17.8. The van der Waals surface area contributed by atoms with E-state index in [4.69, 9.17) is 4.74 Å². The van der Waals surface area contributed by atoms with Crippen molar-refractivity contribution in [1.82, 2.24) is 4.90 Å². The molecule has 1 N–H and O–H groups in total. The van der Waals surface area contributed by atoms with Crippen LogP contribution in [0.15, 0.2) is 24.3 Å². The Morgan fingerprint density at radius 3 is 2.58 bits per heavy atom. The predicted molar refractivity (Wildman–Crippen MR) is 87.6 cm³/mol. The number of nitrogens with zero attached hydrogens (tertiary/aromatic N) is 1. The summed E-state index contributed by atoms with van der Waals surface area (Å²) < 4.78 is 9.47. The van der Waals surface area contributed by atoms with E-state index in [1.807, 2.05) is 0 Å². The van der Waals surface area contributed by atoms with Crippen LogP contribution in [0.2, 0.25) is 0 Å². The van der Waals surface area contributed by atoms with Gasteiger partial charge < -0.3 is 19.7 Å². The fraction of sp³-hybridized carbons (Fsp3) is 0.471. The van der Waals surface area contributed by atoms with Gasteiger partial charge in [-0.25, -0.2) is 9.59 Å². The van der Waals surface area contributed by atoms with E-state index in [-0.39, 0.29) is 5.91 Å². The van der Waals surface area contributed by atoms with Crippen molar-refractivity contribution in [3.63, 3.8) is 0 Å². The second-order valence-corrected chi connectivity index (χ2v) is 5.61. The molecule has 1 unspecified atom stereocenters. The molecule has 130 valence electrons. The molecular weight excluding hydrogens is 312 g/mol. The van der Waals surface area contributed by atoms with Crippen LogP contribution in [-0.2, 0) is 19.1 Å². The number of esters is 2. The molecule has 0 radical (unpaired) electrons. The van der Waals surface area contributed by atoms with E-state index in [0.29, 0.717) is 24.2 Å². The summed E-state index contributed by atoms with van der Waals surface area (Å²) >= 11 is 0. The van der Waals surface area contributed by atoms with Gasteiger partial charge in [-0.05, 0) is 31.9 Å². The third kappa shape index (κ3) is 3.67. The van der Waals surface area contributed by atoms with Crippen LogP contribution in [-0.4, -0.2) is 55.6 Å². The van der Waals surface area contributed by atoms with Gasteiger partial charge in [0.1, 0.15) is 12.1 Å². The molecule has 1 heterocycles. The van der Waals surface area contributed by atoms with Crippen molar-refractivity contribution >= 4 is 23.5 Å². The Morgan fingerprint density at radius 2 is 1.92 bits per heavy atom. The van der Waals surface area contributed by atoms with Crippen LogP contribution < -0.4 is 5.32 Å². The van der Waals surface area contributed by atoms with Crippen LogP contribution in [0.3, 0.4) is 0 Å². The summed E-state index contributed by atoms with van der Waals surface area (Å²) in [6, 6.07) is 5.74. The molecule has 1 saturated heterocycles. The quantitative estimate of drug-likeness (QED) is 0.820. The van der Waals surface area contributed by atoms with Gasteiger partial charge in [0.2, 0.25) is 0 Å². The number of amides is 1. The lowest BCUT2D eigenvalue weighted by atomic mass is 10.1. The number of hydrogen-bond donors (Lipinski definition) is 1. The fourth-order valence-electron chi connectivity index (χ4n) is 2.81. The van der Waals surface area contributed by atoms with Crippen LogP contribution in [0.1, 0.15) is 30.1 Å². The van der Waals surface area contributed by atoms with E-state index < -0.39 is 24.0 Å². The van der Waals surface area contributed by atoms with Gasteiger partial charge in [-0.15, -0.1) is 0 Å². The van der Waals surface area contributed by atoms with Gasteiger partial charge in [0.25, 0.3) is 5.91 Å². The number of para-hydroxylation sites is 1. The summed E-state index contributed by atoms with van der Waals surface area (Å²) in [4.78, 5) is 37.9. The molecule has 2 rings (SSSR count). The molecular formula is C17H22N2O5. The number of nitrogens with one attached hydrogen (secondary N) is 1. The standard InChI is InChI=1S/C17H22N2O5/c1-11(16(21)23-2)18-13-8-5-4-7-12(13)15(20)19-10-6-9-14(19)17(22)24-3/h4-5,7-8,11,14,18H,6,9-10H2,1-3H3/t11?,14-/m0/s1. The highest BCUT2D eigenvalue weighted by Crippen LogP contribution is 2.25. The Balaban J connectivity index is 2.23. The van der Waals surface area contributed by atoms with E-state index in [1.54, 1.807) is 31.2 Å². The average molecular weight is 334 g/mol. The second kappa shape index (κ2) is 7.81. The van der Waals surface area contributed by atoms with Crippen LogP contribution >= 0.6 is 0 Å². The molecule has 7 heteroatoms. The number of anilines is 1. The Hall–Kier alpha value is -2.57. The largest absolute Gasteiger partial charge is 0.467 e. The zero-order valence-electron chi connectivity index (χ0n) is 14.1. The summed E-state index contributed by atoms with van der Waals surface area (Å²) in [6.45, 7) is 2.15. The fourth-order valence-corrected chi connectivity index (χ4v) is 2.81. The van der Waals surface area contributed by atoms with Gasteiger partial charge >= 0.3 is 11.9 Å². The Morgan fingerprint density at radius 1 is 1.21 bits per heavy atom. The highest BCUT2D eigenvalue weighted by atomic mass is 16.5. The Bertz CT molecular complexity index is 631. The topological polar surface area (TPSA) is 84.9 Å². The minimum absolute atomic E-state index is 0.261. The van der Waals surface area contributed by atoms with Crippen molar-refractivity contribution in [3.8, 4) is 0 Å². The lowest BCUT2D eigenvalue weighted by Crippen LogP contribution is -2.41. The van der Waals surface area contributed by atoms with Crippen molar-refractivity contribution < 1.29 is 23.9 Å². The zero-order valence-corrected chi connectivity index (χ0v) is 14.1. The van der Waals surface area contributed by atoms with Crippen LogP contribution in [0.5, 0.6) is 0 Å². The third-order valence-corrected chi connectivity index (χ3v) is 4.07. The molecule has 24 heavy (non-hydrogen) atoms. The smallest absolute Gasteiger partial charge is 0.328 e. The number of hydrogen-bond acceptors (Lipinski definition) is 6. The third-order valence-electron chi connectivity index (χ3n) is 4.07. The number of benzene rings is 1. The van der Waals surface area contributed by atoms with Crippen molar-refractivity contribution in [2.24, 2.45) is 0 Å². The summed E-state index contributed by atoms with van der Waals surface area (Å²) in [5, 5.41) is 2.99. The highest BCUT2D eigenvalue weighted by Gasteiger charge is 2.36. The lowest BCUT2D eigenvalue weighted by Gasteiger charge is -2.24. The van der Waals surface area contributed by atoms with Gasteiger partial charge in [-0.1, -0.05) is 12.1 Å². The Labute approximate surface area is 140 Å². The maximum absolute atomic E-state index is 12.9. The molecule has 0 bridgehead atoms. The SMILES string of the molecule is COC(=O)C(C)Nc1ccccc1C(=O)N1CCC[C@H]1C(=O)OC. The minimum Gasteiger partial charge on any atom is -0.467 e. The number of ether oxygens (including phenoxy) is 2. The minimum atomic E-state index is -0.598. The first-order valence-corrected chi connectivity index (χ1v) is 7.81. The maximum atomic E-state index is 12.9. The molecule has 1 fully saturated rings. The highest BCUT2D eigenvalue weighted by molar-refractivity contribution is 6.02. The maximum Gasteiger partial charge on any atom is 0.328 e. The van der Waals surface area contributed by atoms with Crippen LogP contribution in [0, 0.1) is 0 Å². The normalized spacial score (nSPS) is 18.0. The van der Waals surface area contributed by atoms with E-state index in [0.717, 1.165) is 6.42 Å². The summed E-state index contributed by atoms with van der Waals surface area (Å²) in [5.74, 6) is -1.09. The van der Waals surface area contributed by atoms with Gasteiger partial charge in [-0.3, -0.25) is 4.79 Å². The molecule has 1 aliphatic rings. The monoisotopic (exact) mass is 334 g/mol. The number of methoxy groups -OCH3 is 2. The first-order chi connectivity index (χ1) is 11.5. The molecule has 0 spiro atoms. The van der Waals surface area contributed by atoms with Crippen molar-refractivity contribution in [1.29, 1.82) is 0 Å². The summed E-state index contributed by atoms with van der Waals surface area (Å²) in [5.41, 5.74) is 0.931. The zero-order chi connectivity index (χ0) is 17.7. The van der Waals surface area contributed by atoms with Gasteiger partial charge in [0.15, 0.2) is 0 Å². The molecule has 1 amide bonds. The molecule has 2 atom stereocenters. The number of likely N-dealkylation sites (tertiary alicyclic amines) is 1. The Kier molecular flexibility index (Phi) is 5.78. The van der Waals surface area contributed by atoms with Gasteiger partial charge in [0, 0.05) is 12.2 Å². The lowest BCUT2D eigenvalue weighted by molar-refractivity contribution is -0.145. The molecule has 7 nitrogen and oxygen atoms in total. The summed E-state index contributed by atoms with van der Waals surface area (Å²) in [6.07, 6.45) is 1.34. The van der Waals surface area contributed by atoms with Crippen LogP contribution in [0.25, 0.3) is 0 Å². The van der Waals surface area contributed by atoms with E-state index in [2.05, 4.69) is 10.1 Å². The second-order valence-electron chi connectivity index (χ2n) is 5.61. The number of rotatable bonds is 5. The van der Waals surface area contributed by atoms with Crippen molar-refractivity contribution in [2.45, 2.75) is 31.8 Å². The molecule has 0 saturated carbocycles. The average Bonchev–Trinajstić information content (AvgIpc) is 3.09. The van der Waals surface area contributed by atoms with E-state index >= 15 is 0 Å². The van der Waals surface area contributed by atoms with Crippen LogP contribution in [0.4, 0.5) is 5.69 Å². The predicted octanol–water partition coefficient (Wildman–Crippen LogP) is 1.44. The molecule has 0 aromatic heterocycles. The number of carbonyl (C=O) groups is 3. The van der Waals surface area contributed by atoms with E-state index in [1.165, 1.54) is 19.1 Å². The van der Waals surface area contributed by atoms with E-state index in [9.17, 15) is 14.4 Å². The van der Waals surface area contributed by atoms with Crippen molar-refractivity contribution in [2.75, 3.05) is 26.1 Å². The number of carbonyl (C=O) groups excluding carboxylic acids is 3. The molecule has 1 aromatic carbocycles. The molecule has 1 aliphatic heterocycles. The summed E-state index contributed by atoms with van der Waals surface area (Å²) in [7, 11) is 2.62. The molecule has 1 aromatic rings. The van der Waals surface area contributed by atoms with Gasteiger partial charge in [0.05, 0.1) is 19.8 Å².